The Morgan fingerprint density at radius 3 is 1.97 bits per heavy atom. The van der Waals surface area contributed by atoms with Gasteiger partial charge in [0.25, 0.3) is 0 Å². The van der Waals surface area contributed by atoms with Crippen molar-refractivity contribution in [1.29, 1.82) is 0 Å². The molecule has 0 aromatic heterocycles. The Labute approximate surface area is 229 Å². The summed E-state index contributed by atoms with van der Waals surface area (Å²) in [6.07, 6.45) is 16.8. The number of carbonyl (C=O) groups is 1. The van der Waals surface area contributed by atoms with Crippen molar-refractivity contribution in [2.45, 2.75) is 97.3 Å². The van der Waals surface area contributed by atoms with Crippen LogP contribution in [0.5, 0.6) is 11.5 Å². The molecule has 0 saturated carbocycles. The van der Waals surface area contributed by atoms with Gasteiger partial charge in [-0.15, -0.1) is 0 Å². The average molecular weight is 516 g/mol. The summed E-state index contributed by atoms with van der Waals surface area (Å²) in [5.74, 6) is 1.66. The Morgan fingerprint density at radius 1 is 0.763 bits per heavy atom. The Bertz CT molecular complexity index is 1130. The van der Waals surface area contributed by atoms with Crippen molar-refractivity contribution in [2.75, 3.05) is 31.2 Å². The maximum Gasteiger partial charge on any atom is 0.189 e. The standard InChI is InChI=1S/C34H45NO3/c1-3-5-7-9-17-37-31-23-28-22-29(34(36)30(28)24-32(31)38-18-10-8-6-4-2)21-25-19-26-13-11-15-35-16-12-14-27(20-25)33(26)35/h19-21,23-24H,3-18,22H2,1-2H3. The van der Waals surface area contributed by atoms with E-state index < -0.39 is 0 Å². The second kappa shape index (κ2) is 12.9. The highest BCUT2D eigenvalue weighted by Gasteiger charge is 2.29. The largest absolute Gasteiger partial charge is 0.490 e. The minimum absolute atomic E-state index is 0.137. The lowest BCUT2D eigenvalue weighted by molar-refractivity contribution is 0.104. The zero-order valence-corrected chi connectivity index (χ0v) is 23.6. The van der Waals surface area contributed by atoms with Crippen LogP contribution in [0.15, 0.2) is 29.8 Å². The Hall–Kier alpha value is -2.75. The average Bonchev–Trinajstić information content (AvgIpc) is 3.22. The summed E-state index contributed by atoms with van der Waals surface area (Å²) < 4.78 is 12.4. The third kappa shape index (κ3) is 6.11. The number of rotatable bonds is 13. The maximum absolute atomic E-state index is 13.5. The smallest absolute Gasteiger partial charge is 0.189 e. The minimum Gasteiger partial charge on any atom is -0.490 e. The highest BCUT2D eigenvalue weighted by Crippen LogP contribution is 2.40. The molecule has 0 N–H and O–H groups in total. The van der Waals surface area contributed by atoms with Crippen molar-refractivity contribution in [3.8, 4) is 11.5 Å². The number of hydrogen-bond donors (Lipinski definition) is 0. The van der Waals surface area contributed by atoms with Crippen LogP contribution in [0.2, 0.25) is 0 Å². The van der Waals surface area contributed by atoms with Crippen LogP contribution in [-0.4, -0.2) is 32.1 Å². The lowest BCUT2D eigenvalue weighted by Gasteiger charge is -2.37. The van der Waals surface area contributed by atoms with E-state index in [1.165, 1.54) is 86.8 Å². The van der Waals surface area contributed by atoms with Gasteiger partial charge in [-0.1, -0.05) is 52.4 Å². The van der Waals surface area contributed by atoms with E-state index in [1.54, 1.807) is 0 Å². The summed E-state index contributed by atoms with van der Waals surface area (Å²) >= 11 is 0. The van der Waals surface area contributed by atoms with Gasteiger partial charge >= 0.3 is 0 Å². The normalized spacial score (nSPS) is 17.1. The van der Waals surface area contributed by atoms with E-state index in [-0.39, 0.29) is 5.78 Å². The van der Waals surface area contributed by atoms with Gasteiger partial charge in [0.05, 0.1) is 13.2 Å². The van der Waals surface area contributed by atoms with Gasteiger partial charge in [-0.05, 0) is 91.1 Å². The fourth-order valence-corrected chi connectivity index (χ4v) is 6.30. The van der Waals surface area contributed by atoms with E-state index >= 15 is 0 Å². The number of unbranched alkanes of at least 4 members (excludes halogenated alkanes) is 6. The van der Waals surface area contributed by atoms with Crippen molar-refractivity contribution in [2.24, 2.45) is 0 Å². The number of benzene rings is 2. The summed E-state index contributed by atoms with van der Waals surface area (Å²) in [6, 6.07) is 8.68. The first-order valence-corrected chi connectivity index (χ1v) is 15.3. The molecule has 2 aromatic rings. The van der Waals surface area contributed by atoms with Gasteiger partial charge in [-0.2, -0.15) is 0 Å². The highest BCUT2D eigenvalue weighted by molar-refractivity contribution is 6.16. The molecule has 4 heteroatoms. The molecule has 4 nitrogen and oxygen atoms in total. The van der Waals surface area contributed by atoms with Crippen molar-refractivity contribution in [3.05, 3.63) is 57.7 Å². The summed E-state index contributed by atoms with van der Waals surface area (Å²) in [6.45, 7) is 8.16. The number of carbonyl (C=O) groups excluding carboxylic acids is 1. The predicted molar refractivity (Wildman–Crippen MR) is 157 cm³/mol. The van der Waals surface area contributed by atoms with Gasteiger partial charge in [-0.25, -0.2) is 0 Å². The summed E-state index contributed by atoms with van der Waals surface area (Å²) in [5.41, 5.74) is 8.30. The van der Waals surface area contributed by atoms with E-state index in [1.807, 2.05) is 6.07 Å². The van der Waals surface area contributed by atoms with Crippen LogP contribution in [-0.2, 0) is 19.3 Å². The van der Waals surface area contributed by atoms with Crippen LogP contribution < -0.4 is 14.4 Å². The van der Waals surface area contributed by atoms with E-state index in [0.29, 0.717) is 19.6 Å². The van der Waals surface area contributed by atoms with Crippen molar-refractivity contribution in [3.63, 3.8) is 0 Å². The highest BCUT2D eigenvalue weighted by atomic mass is 16.5. The molecule has 2 aromatic carbocycles. The molecule has 0 unspecified atom stereocenters. The lowest BCUT2D eigenvalue weighted by atomic mass is 9.89. The summed E-state index contributed by atoms with van der Waals surface area (Å²) in [4.78, 5) is 16.1. The monoisotopic (exact) mass is 515 g/mol. The van der Waals surface area contributed by atoms with Crippen LogP contribution in [0.25, 0.3) is 6.08 Å². The van der Waals surface area contributed by atoms with Crippen molar-refractivity contribution in [1.82, 2.24) is 0 Å². The van der Waals surface area contributed by atoms with Gasteiger partial charge in [0, 0.05) is 36.3 Å². The van der Waals surface area contributed by atoms with Crippen LogP contribution in [0, 0.1) is 0 Å². The fraction of sp³-hybridized carbons (Fsp3) is 0.559. The molecule has 5 rings (SSSR count). The zero-order chi connectivity index (χ0) is 26.3. The molecule has 2 heterocycles. The molecule has 0 radical (unpaired) electrons. The SMILES string of the molecule is CCCCCCOc1cc2c(cc1OCCCCCC)C(=O)C(=Cc1cc3c4c(c1)CCCN4CCC3)C2. The molecule has 0 bridgehead atoms. The number of Topliss-reactive ketones (excluding diaryl/α,β-unsaturated/α-hetero) is 1. The van der Waals surface area contributed by atoms with Gasteiger partial charge in [0.15, 0.2) is 17.3 Å². The predicted octanol–water partition coefficient (Wildman–Crippen LogP) is 8.13. The van der Waals surface area contributed by atoms with E-state index in [9.17, 15) is 4.79 Å². The number of fused-ring (bicyclic) bond motifs is 1. The van der Waals surface area contributed by atoms with Crippen LogP contribution in [0.4, 0.5) is 5.69 Å². The Balaban J connectivity index is 1.36. The minimum atomic E-state index is 0.137. The number of allylic oxidation sites excluding steroid dienone is 1. The molecule has 204 valence electrons. The van der Waals surface area contributed by atoms with E-state index in [4.69, 9.17) is 9.47 Å². The molecule has 0 spiro atoms. The third-order valence-electron chi connectivity index (χ3n) is 8.29. The summed E-state index contributed by atoms with van der Waals surface area (Å²) in [7, 11) is 0. The first-order valence-electron chi connectivity index (χ1n) is 15.3. The van der Waals surface area contributed by atoms with Crippen molar-refractivity contribution < 1.29 is 14.3 Å². The van der Waals surface area contributed by atoms with Crippen LogP contribution in [0.3, 0.4) is 0 Å². The Morgan fingerprint density at radius 2 is 1.37 bits per heavy atom. The fourth-order valence-electron chi connectivity index (χ4n) is 6.30. The maximum atomic E-state index is 13.5. The zero-order valence-electron chi connectivity index (χ0n) is 23.6. The molecular formula is C34H45NO3. The number of anilines is 1. The molecule has 38 heavy (non-hydrogen) atoms. The first-order chi connectivity index (χ1) is 18.7. The van der Waals surface area contributed by atoms with Gasteiger partial charge in [-0.3, -0.25) is 4.79 Å². The molecule has 0 amide bonds. The van der Waals surface area contributed by atoms with Gasteiger partial charge in [0.1, 0.15) is 0 Å². The molecule has 0 fully saturated rings. The molecule has 0 atom stereocenters. The second-order valence-electron chi connectivity index (χ2n) is 11.3. The molecule has 3 aliphatic rings. The van der Waals surface area contributed by atoms with Gasteiger partial charge < -0.3 is 14.4 Å². The molecule has 2 aliphatic heterocycles. The second-order valence-corrected chi connectivity index (χ2v) is 11.3. The number of ether oxygens (including phenoxy) is 2. The molecular weight excluding hydrogens is 470 g/mol. The lowest BCUT2D eigenvalue weighted by Crippen LogP contribution is -2.34. The van der Waals surface area contributed by atoms with Crippen LogP contribution >= 0.6 is 0 Å². The number of aryl methyl sites for hydroxylation is 2. The van der Waals surface area contributed by atoms with Crippen molar-refractivity contribution >= 4 is 17.5 Å². The molecule has 0 saturated heterocycles. The first kappa shape index (κ1) is 26.8. The topological polar surface area (TPSA) is 38.8 Å². The Kier molecular flexibility index (Phi) is 9.09. The number of nitrogens with zero attached hydrogens (tertiary/aromatic N) is 1. The number of ketones is 1. The van der Waals surface area contributed by atoms with Crippen LogP contribution in [0.1, 0.15) is 111 Å². The summed E-state index contributed by atoms with van der Waals surface area (Å²) in [5, 5.41) is 0. The van der Waals surface area contributed by atoms with E-state index in [0.717, 1.165) is 53.9 Å². The third-order valence-corrected chi connectivity index (χ3v) is 8.29. The quantitative estimate of drug-likeness (QED) is 0.199. The van der Waals surface area contributed by atoms with Gasteiger partial charge in [0.2, 0.25) is 0 Å². The molecule has 1 aliphatic carbocycles. The number of hydrogen-bond acceptors (Lipinski definition) is 4. The van der Waals surface area contributed by atoms with E-state index in [2.05, 4.69) is 43.0 Å².